The van der Waals surface area contributed by atoms with Gasteiger partial charge in [0.25, 0.3) is 11.8 Å². The van der Waals surface area contributed by atoms with Crippen LogP contribution in [0.2, 0.25) is 0 Å². The number of carbonyl (C=O) groups excluding carboxylic acids is 2. The maximum absolute atomic E-state index is 12.6. The number of rotatable bonds is 7. The van der Waals surface area contributed by atoms with Crippen LogP contribution in [0.4, 0.5) is 0 Å². The second-order valence-electron chi connectivity index (χ2n) is 5.87. The van der Waals surface area contributed by atoms with Gasteiger partial charge < -0.3 is 10.1 Å². The van der Waals surface area contributed by atoms with Gasteiger partial charge >= 0.3 is 0 Å². The van der Waals surface area contributed by atoms with Crippen LogP contribution in [-0.4, -0.2) is 25.1 Å². The summed E-state index contributed by atoms with van der Waals surface area (Å²) in [6, 6.07) is 19.7. The molecule has 0 aliphatic rings. The predicted octanol–water partition coefficient (Wildman–Crippen LogP) is 3.68. The standard InChI is InChI=1S/C22H19N3O3S/c1-28-18-10-5-7-16(13-18)15-23-25-22(27)20(14-19-11-6-12-29-19)24-21(26)17-8-3-2-4-9-17/h2-15H,1H3,(H,24,26)(H,25,27)/b20-14-,23-15?. The number of hydrogen-bond acceptors (Lipinski definition) is 5. The van der Waals surface area contributed by atoms with Gasteiger partial charge in [0.05, 0.1) is 13.3 Å². The molecule has 2 aromatic carbocycles. The molecule has 1 heterocycles. The van der Waals surface area contributed by atoms with Crippen LogP contribution in [0.1, 0.15) is 20.8 Å². The molecular formula is C22H19N3O3S. The fraction of sp³-hybridized carbons (Fsp3) is 0.0455. The van der Waals surface area contributed by atoms with E-state index in [2.05, 4.69) is 15.8 Å². The second kappa shape index (κ2) is 10.0. The van der Waals surface area contributed by atoms with Crippen molar-refractivity contribution < 1.29 is 14.3 Å². The Hall–Kier alpha value is -3.71. The number of hydrogen-bond donors (Lipinski definition) is 2. The summed E-state index contributed by atoms with van der Waals surface area (Å²) in [4.78, 5) is 25.9. The number of methoxy groups -OCH3 is 1. The summed E-state index contributed by atoms with van der Waals surface area (Å²) in [5.74, 6) is -0.212. The Morgan fingerprint density at radius 2 is 1.86 bits per heavy atom. The number of ether oxygens (including phenoxy) is 1. The molecule has 0 aliphatic carbocycles. The van der Waals surface area contributed by atoms with Crippen molar-refractivity contribution >= 4 is 35.4 Å². The molecule has 0 saturated carbocycles. The third-order valence-electron chi connectivity index (χ3n) is 3.83. The summed E-state index contributed by atoms with van der Waals surface area (Å²) >= 11 is 1.46. The Labute approximate surface area is 172 Å². The molecule has 0 bridgehead atoms. The van der Waals surface area contributed by atoms with Crippen molar-refractivity contribution in [2.24, 2.45) is 5.10 Å². The molecule has 3 rings (SSSR count). The number of hydrazone groups is 1. The van der Waals surface area contributed by atoms with Crippen molar-refractivity contribution in [2.75, 3.05) is 7.11 Å². The molecule has 3 aromatic rings. The van der Waals surface area contributed by atoms with E-state index in [0.717, 1.165) is 10.4 Å². The van der Waals surface area contributed by atoms with Crippen molar-refractivity contribution in [3.05, 3.63) is 93.8 Å². The summed E-state index contributed by atoms with van der Waals surface area (Å²) in [5.41, 5.74) is 3.77. The SMILES string of the molecule is COc1cccc(C=NNC(=O)/C(=C/c2cccs2)NC(=O)c2ccccc2)c1. The van der Waals surface area contributed by atoms with E-state index in [9.17, 15) is 9.59 Å². The topological polar surface area (TPSA) is 79.8 Å². The molecule has 2 N–H and O–H groups in total. The average Bonchev–Trinajstić information content (AvgIpc) is 3.27. The van der Waals surface area contributed by atoms with Gasteiger partial charge in [-0.25, -0.2) is 5.43 Å². The molecular weight excluding hydrogens is 386 g/mol. The smallest absolute Gasteiger partial charge is 0.287 e. The van der Waals surface area contributed by atoms with Crippen LogP contribution < -0.4 is 15.5 Å². The second-order valence-corrected chi connectivity index (χ2v) is 6.85. The maximum Gasteiger partial charge on any atom is 0.287 e. The minimum Gasteiger partial charge on any atom is -0.497 e. The lowest BCUT2D eigenvalue weighted by molar-refractivity contribution is -0.117. The average molecular weight is 405 g/mol. The zero-order valence-corrected chi connectivity index (χ0v) is 16.5. The van der Waals surface area contributed by atoms with Crippen molar-refractivity contribution in [2.45, 2.75) is 0 Å². The van der Waals surface area contributed by atoms with Crippen LogP contribution in [0.15, 0.2) is 82.9 Å². The Morgan fingerprint density at radius 3 is 2.59 bits per heavy atom. The number of benzene rings is 2. The molecule has 146 valence electrons. The molecule has 0 atom stereocenters. The predicted molar refractivity (Wildman–Crippen MR) is 115 cm³/mol. The van der Waals surface area contributed by atoms with Crippen LogP contribution in [0.3, 0.4) is 0 Å². The van der Waals surface area contributed by atoms with Crippen LogP contribution in [0.25, 0.3) is 6.08 Å². The van der Waals surface area contributed by atoms with E-state index in [4.69, 9.17) is 4.74 Å². The largest absolute Gasteiger partial charge is 0.497 e. The van der Waals surface area contributed by atoms with E-state index in [1.807, 2.05) is 41.8 Å². The molecule has 2 amide bonds. The summed E-state index contributed by atoms with van der Waals surface area (Å²) in [6.45, 7) is 0. The lowest BCUT2D eigenvalue weighted by Crippen LogP contribution is -2.32. The summed E-state index contributed by atoms with van der Waals surface area (Å²) in [7, 11) is 1.58. The van der Waals surface area contributed by atoms with Gasteiger partial charge in [-0.2, -0.15) is 5.10 Å². The highest BCUT2D eigenvalue weighted by molar-refractivity contribution is 7.10. The van der Waals surface area contributed by atoms with Crippen molar-refractivity contribution in [3.8, 4) is 5.75 Å². The lowest BCUT2D eigenvalue weighted by atomic mass is 10.2. The van der Waals surface area contributed by atoms with Crippen LogP contribution in [-0.2, 0) is 4.79 Å². The van der Waals surface area contributed by atoms with Gasteiger partial charge in [0.2, 0.25) is 0 Å². The number of nitrogens with one attached hydrogen (secondary N) is 2. The highest BCUT2D eigenvalue weighted by atomic mass is 32.1. The Bertz CT molecular complexity index is 1030. The van der Waals surface area contributed by atoms with Gasteiger partial charge in [-0.1, -0.05) is 36.4 Å². The minimum absolute atomic E-state index is 0.101. The quantitative estimate of drug-likeness (QED) is 0.358. The van der Waals surface area contributed by atoms with Gasteiger partial charge in [0, 0.05) is 10.4 Å². The van der Waals surface area contributed by atoms with E-state index in [0.29, 0.717) is 11.3 Å². The third-order valence-corrected chi connectivity index (χ3v) is 4.65. The van der Waals surface area contributed by atoms with E-state index >= 15 is 0 Å². The molecule has 0 aliphatic heterocycles. The van der Waals surface area contributed by atoms with Gasteiger partial charge in [-0.3, -0.25) is 9.59 Å². The monoisotopic (exact) mass is 405 g/mol. The van der Waals surface area contributed by atoms with E-state index in [1.54, 1.807) is 43.5 Å². The number of amides is 2. The molecule has 0 unspecified atom stereocenters. The fourth-order valence-electron chi connectivity index (χ4n) is 2.41. The van der Waals surface area contributed by atoms with Crippen molar-refractivity contribution in [1.29, 1.82) is 0 Å². The van der Waals surface area contributed by atoms with E-state index < -0.39 is 5.91 Å². The van der Waals surface area contributed by atoms with E-state index in [1.165, 1.54) is 17.6 Å². The highest BCUT2D eigenvalue weighted by Crippen LogP contribution is 2.13. The molecule has 0 spiro atoms. The molecule has 7 heteroatoms. The first kappa shape index (κ1) is 20.0. The summed E-state index contributed by atoms with van der Waals surface area (Å²) in [5, 5.41) is 8.53. The van der Waals surface area contributed by atoms with Gasteiger partial charge in [0.15, 0.2) is 0 Å². The normalized spacial score (nSPS) is 11.3. The van der Waals surface area contributed by atoms with Crippen molar-refractivity contribution in [3.63, 3.8) is 0 Å². The third kappa shape index (κ3) is 5.88. The highest BCUT2D eigenvalue weighted by Gasteiger charge is 2.14. The zero-order valence-electron chi connectivity index (χ0n) is 15.7. The minimum atomic E-state index is -0.526. The number of thiophene rings is 1. The molecule has 0 saturated heterocycles. The Kier molecular flexibility index (Phi) is 6.91. The van der Waals surface area contributed by atoms with Crippen LogP contribution >= 0.6 is 11.3 Å². The zero-order chi connectivity index (χ0) is 20.5. The first-order valence-corrected chi connectivity index (χ1v) is 9.63. The van der Waals surface area contributed by atoms with Gasteiger partial charge in [0.1, 0.15) is 11.4 Å². The molecule has 6 nitrogen and oxygen atoms in total. The fourth-order valence-corrected chi connectivity index (χ4v) is 3.06. The first-order chi connectivity index (χ1) is 14.2. The first-order valence-electron chi connectivity index (χ1n) is 8.75. The lowest BCUT2D eigenvalue weighted by Gasteiger charge is -2.08. The summed E-state index contributed by atoms with van der Waals surface area (Å²) < 4.78 is 5.16. The van der Waals surface area contributed by atoms with Crippen LogP contribution in [0, 0.1) is 0 Å². The molecule has 1 aromatic heterocycles. The Morgan fingerprint density at radius 1 is 1.03 bits per heavy atom. The molecule has 29 heavy (non-hydrogen) atoms. The molecule has 0 radical (unpaired) electrons. The van der Waals surface area contributed by atoms with Crippen LogP contribution in [0.5, 0.6) is 5.75 Å². The Balaban J connectivity index is 1.74. The van der Waals surface area contributed by atoms with Gasteiger partial charge in [-0.05, 0) is 47.4 Å². The number of nitrogens with zero attached hydrogens (tertiary/aromatic N) is 1. The van der Waals surface area contributed by atoms with E-state index in [-0.39, 0.29) is 11.6 Å². The summed E-state index contributed by atoms with van der Waals surface area (Å²) in [6.07, 6.45) is 3.12. The number of carbonyl (C=O) groups is 2. The van der Waals surface area contributed by atoms with Crippen molar-refractivity contribution in [1.82, 2.24) is 10.7 Å². The van der Waals surface area contributed by atoms with Gasteiger partial charge in [-0.15, -0.1) is 11.3 Å². The molecule has 0 fully saturated rings. The maximum atomic E-state index is 12.6.